The van der Waals surface area contributed by atoms with Gasteiger partial charge in [-0.3, -0.25) is 4.79 Å². The minimum atomic E-state index is -0.607. The van der Waals surface area contributed by atoms with Gasteiger partial charge in [0.2, 0.25) is 0 Å². The van der Waals surface area contributed by atoms with Crippen LogP contribution in [0.5, 0.6) is 5.75 Å². The average Bonchev–Trinajstić information content (AvgIpc) is 3.05. The molecular weight excluding hydrogens is 540 g/mol. The predicted octanol–water partition coefficient (Wildman–Crippen LogP) is 6.40. The third kappa shape index (κ3) is 7.70. The van der Waals surface area contributed by atoms with Crippen LogP contribution in [-0.2, 0) is 0 Å². The normalized spacial score (nSPS) is 11.0. The molecule has 41 heavy (non-hydrogen) atoms. The van der Waals surface area contributed by atoms with Crippen molar-refractivity contribution in [3.8, 4) is 5.75 Å². The fraction of sp³-hybridized carbons (Fsp3) is 0.139. The van der Waals surface area contributed by atoms with Gasteiger partial charge >= 0.3 is 0 Å². The van der Waals surface area contributed by atoms with E-state index in [1.165, 1.54) is 21.2 Å². The van der Waals surface area contributed by atoms with Crippen molar-refractivity contribution in [3.05, 3.63) is 151 Å². The van der Waals surface area contributed by atoms with E-state index in [4.69, 9.17) is 4.74 Å². The lowest BCUT2D eigenvalue weighted by molar-refractivity contribution is 0.0775. The van der Waals surface area contributed by atoms with E-state index in [1.807, 2.05) is 24.3 Å². The summed E-state index contributed by atoms with van der Waals surface area (Å²) in [4.78, 5) is 16.1. The zero-order chi connectivity index (χ0) is 28.3. The van der Waals surface area contributed by atoms with Gasteiger partial charge in [0.05, 0.1) is 7.11 Å². The first-order chi connectivity index (χ1) is 20.2. The van der Waals surface area contributed by atoms with Crippen molar-refractivity contribution in [2.24, 2.45) is 0 Å². The zero-order valence-electron chi connectivity index (χ0n) is 23.3. The van der Waals surface area contributed by atoms with Gasteiger partial charge in [-0.05, 0) is 73.7 Å². The molecule has 0 radical (unpaired) electrons. The summed E-state index contributed by atoms with van der Waals surface area (Å²) in [5.74, 6) is 0.821. The molecule has 0 aromatic heterocycles. The highest BCUT2D eigenvalue weighted by Gasteiger charge is 2.22. The standard InChI is InChI=1S/C36H35NO2P2/c1-39-31-24-22-30(23-25-31)36(38)37(26-28-40(32-14-6-2-7-15-32)33-16-8-3-9-17-33)27-29-41(34-18-10-4-11-19-34)35-20-12-5-13-21-35/h2-25H,26-29H2,1H3. The molecule has 0 aliphatic rings. The number of nitrogens with zero attached hydrogens (tertiary/aromatic N) is 1. The summed E-state index contributed by atoms with van der Waals surface area (Å²) in [6.45, 7) is 1.38. The first-order valence-electron chi connectivity index (χ1n) is 13.9. The van der Waals surface area contributed by atoms with Crippen LogP contribution in [0.1, 0.15) is 10.4 Å². The highest BCUT2D eigenvalue weighted by Crippen LogP contribution is 2.35. The van der Waals surface area contributed by atoms with Crippen LogP contribution in [0.25, 0.3) is 0 Å². The Hall–Kier alpha value is -3.77. The summed E-state index contributed by atoms with van der Waals surface area (Å²) in [7, 11) is 0.433. The van der Waals surface area contributed by atoms with Crippen LogP contribution in [0.4, 0.5) is 0 Å². The van der Waals surface area contributed by atoms with Crippen LogP contribution in [-0.4, -0.2) is 43.3 Å². The van der Waals surface area contributed by atoms with Crippen molar-refractivity contribution in [1.29, 1.82) is 0 Å². The zero-order valence-corrected chi connectivity index (χ0v) is 25.1. The van der Waals surface area contributed by atoms with E-state index in [0.29, 0.717) is 18.7 Å². The number of methoxy groups -OCH3 is 1. The van der Waals surface area contributed by atoms with E-state index in [2.05, 4.69) is 126 Å². The number of amides is 1. The minimum absolute atomic E-state index is 0.0693. The van der Waals surface area contributed by atoms with E-state index in [-0.39, 0.29) is 5.91 Å². The van der Waals surface area contributed by atoms with Gasteiger partial charge in [-0.25, -0.2) is 0 Å². The fourth-order valence-corrected chi connectivity index (χ4v) is 9.56. The number of carbonyl (C=O) groups is 1. The molecule has 0 unspecified atom stereocenters. The number of carbonyl (C=O) groups excluding carboxylic acids is 1. The fourth-order valence-electron chi connectivity index (χ4n) is 4.92. The molecule has 0 fully saturated rings. The monoisotopic (exact) mass is 575 g/mol. The largest absolute Gasteiger partial charge is 0.497 e. The topological polar surface area (TPSA) is 29.5 Å². The summed E-state index contributed by atoms with van der Waals surface area (Å²) in [5, 5.41) is 5.34. The van der Waals surface area contributed by atoms with Crippen LogP contribution in [0.2, 0.25) is 0 Å². The molecule has 0 atom stereocenters. The number of ether oxygens (including phenoxy) is 1. The third-order valence-electron chi connectivity index (χ3n) is 7.08. The number of hydrogen-bond acceptors (Lipinski definition) is 2. The molecule has 3 nitrogen and oxygen atoms in total. The molecule has 0 saturated heterocycles. The Kier molecular flexibility index (Phi) is 10.3. The lowest BCUT2D eigenvalue weighted by Gasteiger charge is -2.28. The molecular formula is C36H35NO2P2. The highest BCUT2D eigenvalue weighted by atomic mass is 31.1. The Morgan fingerprint density at radius 3 is 1.20 bits per heavy atom. The van der Waals surface area contributed by atoms with Gasteiger partial charge < -0.3 is 9.64 Å². The van der Waals surface area contributed by atoms with E-state index >= 15 is 0 Å². The molecule has 5 heteroatoms. The predicted molar refractivity (Wildman–Crippen MR) is 177 cm³/mol. The van der Waals surface area contributed by atoms with Crippen LogP contribution in [0.3, 0.4) is 0 Å². The molecule has 0 N–H and O–H groups in total. The van der Waals surface area contributed by atoms with Crippen molar-refractivity contribution in [3.63, 3.8) is 0 Å². The van der Waals surface area contributed by atoms with E-state index in [1.54, 1.807) is 7.11 Å². The molecule has 0 aliphatic carbocycles. The van der Waals surface area contributed by atoms with E-state index < -0.39 is 15.8 Å². The molecule has 0 aliphatic heterocycles. The summed E-state index contributed by atoms with van der Waals surface area (Å²) in [6, 6.07) is 50.4. The maximum atomic E-state index is 14.0. The van der Waals surface area contributed by atoms with Gasteiger partial charge in [-0.1, -0.05) is 121 Å². The van der Waals surface area contributed by atoms with Crippen LogP contribution >= 0.6 is 15.8 Å². The molecule has 0 saturated carbocycles. The molecule has 5 rings (SSSR count). The van der Waals surface area contributed by atoms with E-state index in [9.17, 15) is 4.79 Å². The third-order valence-corrected chi connectivity index (χ3v) is 12.1. The Morgan fingerprint density at radius 1 is 0.537 bits per heavy atom. The second-order valence-electron chi connectivity index (χ2n) is 9.67. The van der Waals surface area contributed by atoms with Crippen molar-refractivity contribution in [1.82, 2.24) is 4.90 Å². The van der Waals surface area contributed by atoms with Gasteiger partial charge in [0.15, 0.2) is 0 Å². The van der Waals surface area contributed by atoms with Crippen LogP contribution in [0, 0.1) is 0 Å². The number of hydrogen-bond donors (Lipinski definition) is 0. The first-order valence-corrected chi connectivity index (χ1v) is 17.0. The molecule has 0 heterocycles. The second kappa shape index (κ2) is 14.7. The van der Waals surface area contributed by atoms with Crippen molar-refractivity contribution < 1.29 is 9.53 Å². The molecule has 0 bridgehead atoms. The van der Waals surface area contributed by atoms with Gasteiger partial charge in [-0.15, -0.1) is 0 Å². The van der Waals surface area contributed by atoms with Crippen LogP contribution < -0.4 is 26.0 Å². The lowest BCUT2D eigenvalue weighted by Crippen LogP contribution is -2.37. The second-order valence-corrected chi connectivity index (χ2v) is 14.3. The number of rotatable bonds is 12. The van der Waals surface area contributed by atoms with Gasteiger partial charge in [-0.2, -0.15) is 0 Å². The highest BCUT2D eigenvalue weighted by molar-refractivity contribution is 7.73. The molecule has 5 aromatic rings. The Balaban J connectivity index is 1.42. The number of benzene rings is 5. The molecule has 5 aromatic carbocycles. The lowest BCUT2D eigenvalue weighted by atomic mass is 10.2. The van der Waals surface area contributed by atoms with Gasteiger partial charge in [0, 0.05) is 18.7 Å². The van der Waals surface area contributed by atoms with Crippen molar-refractivity contribution in [2.75, 3.05) is 32.5 Å². The van der Waals surface area contributed by atoms with E-state index in [0.717, 1.165) is 18.1 Å². The summed E-state index contributed by atoms with van der Waals surface area (Å²) in [5.41, 5.74) is 0.693. The summed E-state index contributed by atoms with van der Waals surface area (Å²) < 4.78 is 5.34. The van der Waals surface area contributed by atoms with Crippen molar-refractivity contribution >= 4 is 43.0 Å². The quantitative estimate of drug-likeness (QED) is 0.161. The molecule has 1 amide bonds. The van der Waals surface area contributed by atoms with Gasteiger partial charge in [0.1, 0.15) is 5.75 Å². The maximum absolute atomic E-state index is 14.0. The summed E-state index contributed by atoms with van der Waals surface area (Å²) in [6.07, 6.45) is 1.81. The molecule has 0 spiro atoms. The summed E-state index contributed by atoms with van der Waals surface area (Å²) >= 11 is 0. The smallest absolute Gasteiger partial charge is 0.253 e. The first kappa shape index (κ1) is 28.7. The Labute approximate surface area is 246 Å². The SMILES string of the molecule is COc1ccc(C(=O)N(CCP(c2ccccc2)c2ccccc2)CCP(c2ccccc2)c2ccccc2)cc1. The molecule has 206 valence electrons. The van der Waals surface area contributed by atoms with Crippen LogP contribution in [0.15, 0.2) is 146 Å². The average molecular weight is 576 g/mol. The Morgan fingerprint density at radius 2 is 0.878 bits per heavy atom. The van der Waals surface area contributed by atoms with Gasteiger partial charge in [0.25, 0.3) is 5.91 Å². The Bertz CT molecular complexity index is 1320. The maximum Gasteiger partial charge on any atom is 0.253 e. The minimum Gasteiger partial charge on any atom is -0.497 e. The van der Waals surface area contributed by atoms with Crippen molar-refractivity contribution in [2.45, 2.75) is 0 Å².